The summed E-state index contributed by atoms with van der Waals surface area (Å²) in [6, 6.07) is 7.82. The van der Waals surface area contributed by atoms with Crippen molar-refractivity contribution in [3.8, 4) is 6.07 Å². The van der Waals surface area contributed by atoms with Crippen molar-refractivity contribution in [3.05, 3.63) is 40.0 Å². The van der Waals surface area contributed by atoms with Crippen molar-refractivity contribution in [2.75, 3.05) is 5.32 Å². The number of nitrogens with one attached hydrogen (secondary N) is 1. The summed E-state index contributed by atoms with van der Waals surface area (Å²) in [5.74, 6) is 0.659. The molecule has 1 aromatic heterocycles. The number of rotatable bonds is 2. The van der Waals surface area contributed by atoms with Gasteiger partial charge in [0.2, 0.25) is 0 Å². The Morgan fingerprint density at radius 2 is 2.11 bits per heavy atom. The smallest absolute Gasteiger partial charge is 0.146 e. The Morgan fingerprint density at radius 3 is 2.72 bits per heavy atom. The van der Waals surface area contributed by atoms with E-state index >= 15 is 0 Å². The highest BCUT2D eigenvalue weighted by Gasteiger charge is 2.14. The van der Waals surface area contributed by atoms with Crippen LogP contribution in [0.4, 0.5) is 11.5 Å². The van der Waals surface area contributed by atoms with Gasteiger partial charge in [0.05, 0.1) is 16.4 Å². The average molecular weight is 261 g/mol. The van der Waals surface area contributed by atoms with Crippen molar-refractivity contribution >= 4 is 23.1 Å². The average Bonchev–Trinajstić information content (AvgIpc) is 2.58. The second kappa shape index (κ2) is 4.71. The Bertz CT molecular complexity index is 617. The van der Waals surface area contributed by atoms with Gasteiger partial charge in [0.15, 0.2) is 0 Å². The van der Waals surface area contributed by atoms with Crippen molar-refractivity contribution in [2.45, 2.75) is 13.8 Å². The highest BCUT2D eigenvalue weighted by molar-refractivity contribution is 6.33. The zero-order valence-corrected chi connectivity index (χ0v) is 11.2. The van der Waals surface area contributed by atoms with Crippen molar-refractivity contribution in [1.29, 1.82) is 5.26 Å². The molecule has 0 saturated heterocycles. The van der Waals surface area contributed by atoms with Crippen LogP contribution in [0.3, 0.4) is 0 Å². The van der Waals surface area contributed by atoms with E-state index in [9.17, 15) is 0 Å². The van der Waals surface area contributed by atoms with E-state index in [4.69, 9.17) is 16.9 Å². The number of halogens is 1. The van der Waals surface area contributed by atoms with Crippen LogP contribution in [0, 0.1) is 25.2 Å². The highest BCUT2D eigenvalue weighted by atomic mass is 35.5. The number of nitriles is 1. The van der Waals surface area contributed by atoms with E-state index < -0.39 is 0 Å². The molecule has 18 heavy (non-hydrogen) atoms. The summed E-state index contributed by atoms with van der Waals surface area (Å²) < 4.78 is 1.65. The first-order valence-electron chi connectivity index (χ1n) is 5.50. The Morgan fingerprint density at radius 1 is 1.39 bits per heavy atom. The minimum atomic E-state index is 0.539. The third kappa shape index (κ3) is 2.05. The third-order valence-electron chi connectivity index (χ3n) is 2.80. The number of benzene rings is 1. The van der Waals surface area contributed by atoms with Gasteiger partial charge < -0.3 is 5.32 Å². The second-order valence-electron chi connectivity index (χ2n) is 4.10. The molecule has 0 atom stereocenters. The van der Waals surface area contributed by atoms with Crippen molar-refractivity contribution in [2.24, 2.45) is 7.05 Å². The second-order valence-corrected chi connectivity index (χ2v) is 4.51. The van der Waals surface area contributed by atoms with Gasteiger partial charge in [-0.3, -0.25) is 4.68 Å². The monoisotopic (exact) mass is 260 g/mol. The van der Waals surface area contributed by atoms with Crippen molar-refractivity contribution < 1.29 is 0 Å². The third-order valence-corrected chi connectivity index (χ3v) is 3.11. The zero-order valence-electron chi connectivity index (χ0n) is 10.5. The van der Waals surface area contributed by atoms with Gasteiger partial charge in [-0.25, -0.2) is 0 Å². The maximum absolute atomic E-state index is 9.15. The highest BCUT2D eigenvalue weighted by Crippen LogP contribution is 2.30. The fraction of sp³-hybridized carbons (Fsp3) is 0.231. The Balaban J connectivity index is 2.50. The van der Waals surface area contributed by atoms with Gasteiger partial charge in [-0.15, -0.1) is 0 Å². The lowest BCUT2D eigenvalue weighted by molar-refractivity contribution is 0.765. The molecule has 0 fully saturated rings. The molecule has 0 spiro atoms. The van der Waals surface area contributed by atoms with Gasteiger partial charge >= 0.3 is 0 Å². The number of aromatic nitrogens is 2. The maximum Gasteiger partial charge on any atom is 0.146 e. The lowest BCUT2D eigenvalue weighted by Gasteiger charge is -2.11. The summed E-state index contributed by atoms with van der Waals surface area (Å²) in [7, 11) is 1.79. The van der Waals surface area contributed by atoms with E-state index in [1.54, 1.807) is 11.7 Å². The van der Waals surface area contributed by atoms with Crippen LogP contribution in [0.15, 0.2) is 18.2 Å². The van der Waals surface area contributed by atoms with E-state index in [0.717, 1.165) is 11.3 Å². The van der Waals surface area contributed by atoms with E-state index in [0.29, 0.717) is 22.1 Å². The molecule has 2 rings (SSSR count). The quantitative estimate of drug-likeness (QED) is 0.901. The largest absolute Gasteiger partial charge is 0.338 e. The molecule has 4 nitrogen and oxygen atoms in total. The standard InChI is InChI=1S/C13H13ClN4/c1-8-5-4-6-11(14)12(8)16-13-10(7-15)9(2)17-18(13)3/h4-6,16H,1-3H3. The van der Waals surface area contributed by atoms with Crippen LogP contribution in [0.5, 0.6) is 0 Å². The van der Waals surface area contributed by atoms with Crippen LogP contribution < -0.4 is 5.32 Å². The van der Waals surface area contributed by atoms with Crippen LogP contribution in [-0.2, 0) is 7.05 Å². The summed E-state index contributed by atoms with van der Waals surface area (Å²) in [5.41, 5.74) is 3.06. The van der Waals surface area contributed by atoms with Gasteiger partial charge in [0.25, 0.3) is 0 Å². The summed E-state index contributed by atoms with van der Waals surface area (Å²) in [5, 5.41) is 17.2. The molecule has 1 heterocycles. The van der Waals surface area contributed by atoms with E-state index in [1.165, 1.54) is 0 Å². The molecule has 5 heteroatoms. The van der Waals surface area contributed by atoms with Gasteiger partial charge in [0.1, 0.15) is 17.5 Å². The molecule has 0 aliphatic rings. The van der Waals surface area contributed by atoms with E-state index in [1.807, 2.05) is 32.0 Å². The van der Waals surface area contributed by atoms with Gasteiger partial charge in [-0.1, -0.05) is 23.7 Å². The Hall–Kier alpha value is -1.99. The molecule has 92 valence electrons. The minimum Gasteiger partial charge on any atom is -0.338 e. The fourth-order valence-electron chi connectivity index (χ4n) is 1.84. The molecular weight excluding hydrogens is 248 g/mol. The predicted molar refractivity (Wildman–Crippen MR) is 72.1 cm³/mol. The lowest BCUT2D eigenvalue weighted by atomic mass is 10.2. The summed E-state index contributed by atoms with van der Waals surface area (Å²) in [6.07, 6.45) is 0. The number of hydrogen-bond donors (Lipinski definition) is 1. The van der Waals surface area contributed by atoms with E-state index in [2.05, 4.69) is 16.5 Å². The molecule has 0 saturated carbocycles. The SMILES string of the molecule is Cc1cccc(Cl)c1Nc1c(C#N)c(C)nn1C. The summed E-state index contributed by atoms with van der Waals surface area (Å²) in [6.45, 7) is 3.77. The van der Waals surface area contributed by atoms with Gasteiger partial charge in [0, 0.05) is 7.05 Å². The molecular formula is C13H13ClN4. The Labute approximate surface area is 111 Å². The molecule has 0 aliphatic carbocycles. The molecule has 0 amide bonds. The van der Waals surface area contributed by atoms with Crippen LogP contribution >= 0.6 is 11.6 Å². The van der Waals surface area contributed by atoms with Gasteiger partial charge in [-0.05, 0) is 25.5 Å². The van der Waals surface area contributed by atoms with Crippen LogP contribution in [0.1, 0.15) is 16.8 Å². The molecule has 1 N–H and O–H groups in total. The minimum absolute atomic E-state index is 0.539. The summed E-state index contributed by atoms with van der Waals surface area (Å²) >= 11 is 6.16. The van der Waals surface area contributed by atoms with E-state index in [-0.39, 0.29) is 0 Å². The molecule has 0 radical (unpaired) electrons. The first-order valence-corrected chi connectivity index (χ1v) is 5.88. The first kappa shape index (κ1) is 12.5. The maximum atomic E-state index is 9.15. The van der Waals surface area contributed by atoms with Crippen LogP contribution in [-0.4, -0.2) is 9.78 Å². The van der Waals surface area contributed by atoms with Crippen molar-refractivity contribution in [1.82, 2.24) is 9.78 Å². The molecule has 0 aliphatic heterocycles. The number of nitrogens with zero attached hydrogens (tertiary/aromatic N) is 3. The Kier molecular flexibility index (Phi) is 3.26. The summed E-state index contributed by atoms with van der Waals surface area (Å²) in [4.78, 5) is 0. The fourth-order valence-corrected chi connectivity index (χ4v) is 2.11. The normalized spacial score (nSPS) is 10.2. The topological polar surface area (TPSA) is 53.6 Å². The van der Waals surface area contributed by atoms with Crippen LogP contribution in [0.25, 0.3) is 0 Å². The number of anilines is 2. The predicted octanol–water partition coefficient (Wildman–Crippen LogP) is 3.31. The number of aryl methyl sites for hydroxylation is 3. The number of para-hydroxylation sites is 1. The lowest BCUT2D eigenvalue weighted by Crippen LogP contribution is -2.02. The first-order chi connectivity index (χ1) is 8.54. The van der Waals surface area contributed by atoms with Gasteiger partial charge in [-0.2, -0.15) is 10.4 Å². The zero-order chi connectivity index (χ0) is 13.3. The molecule has 0 bridgehead atoms. The molecule has 2 aromatic rings. The van der Waals surface area contributed by atoms with Crippen LogP contribution in [0.2, 0.25) is 5.02 Å². The van der Waals surface area contributed by atoms with Crippen molar-refractivity contribution in [3.63, 3.8) is 0 Å². The molecule has 1 aromatic carbocycles. The molecule has 0 unspecified atom stereocenters. The number of hydrogen-bond acceptors (Lipinski definition) is 3.